The highest BCUT2D eigenvalue weighted by Crippen LogP contribution is 2.24. The first-order valence-corrected chi connectivity index (χ1v) is 6.06. The Morgan fingerprint density at radius 3 is 2.70 bits per heavy atom. The smallest absolute Gasteiger partial charge is 0.255 e. The van der Waals surface area contributed by atoms with E-state index in [9.17, 15) is 4.79 Å². The zero-order valence-corrected chi connectivity index (χ0v) is 11.6. The molecule has 6 nitrogen and oxygen atoms in total. The third kappa shape index (κ3) is 3.09. The van der Waals surface area contributed by atoms with Crippen LogP contribution in [0, 0.1) is 6.92 Å². The molecule has 0 aliphatic heterocycles. The third-order valence-corrected chi connectivity index (χ3v) is 2.76. The van der Waals surface area contributed by atoms with E-state index in [0.717, 1.165) is 0 Å². The molecule has 1 aromatic heterocycles. The Bertz CT molecular complexity index is 607. The second-order valence-corrected chi connectivity index (χ2v) is 4.18. The highest BCUT2D eigenvalue weighted by Gasteiger charge is 2.13. The molecule has 2 rings (SSSR count). The Morgan fingerprint density at radius 2 is 2.10 bits per heavy atom. The molecule has 0 aliphatic rings. The van der Waals surface area contributed by atoms with E-state index in [-0.39, 0.29) is 5.91 Å². The van der Waals surface area contributed by atoms with E-state index in [0.29, 0.717) is 35.1 Å². The lowest BCUT2D eigenvalue weighted by molar-refractivity contribution is 0.0947. The van der Waals surface area contributed by atoms with Gasteiger partial charge in [-0.15, -0.1) is 0 Å². The van der Waals surface area contributed by atoms with Crippen molar-refractivity contribution in [1.82, 2.24) is 10.5 Å². The van der Waals surface area contributed by atoms with Gasteiger partial charge in [0.1, 0.15) is 23.0 Å². The molecule has 1 N–H and O–H groups in total. The van der Waals surface area contributed by atoms with Crippen LogP contribution in [0.5, 0.6) is 11.5 Å². The molecular formula is C14H16N2O4. The first-order valence-electron chi connectivity index (χ1n) is 6.06. The van der Waals surface area contributed by atoms with Crippen molar-refractivity contribution in [3.8, 4) is 11.5 Å². The molecule has 1 amide bonds. The summed E-state index contributed by atoms with van der Waals surface area (Å²) in [7, 11) is 3.06. The van der Waals surface area contributed by atoms with Gasteiger partial charge in [0.15, 0.2) is 0 Å². The van der Waals surface area contributed by atoms with Gasteiger partial charge in [0, 0.05) is 12.1 Å². The van der Waals surface area contributed by atoms with E-state index < -0.39 is 0 Å². The third-order valence-electron chi connectivity index (χ3n) is 2.76. The first kappa shape index (κ1) is 13.9. The van der Waals surface area contributed by atoms with Gasteiger partial charge in [-0.05, 0) is 19.1 Å². The van der Waals surface area contributed by atoms with Crippen LogP contribution in [-0.4, -0.2) is 25.3 Å². The fraction of sp³-hybridized carbons (Fsp3) is 0.286. The summed E-state index contributed by atoms with van der Waals surface area (Å²) in [5.41, 5.74) is 1.11. The fourth-order valence-corrected chi connectivity index (χ4v) is 1.75. The maximum absolute atomic E-state index is 12.1. The van der Waals surface area contributed by atoms with E-state index in [4.69, 9.17) is 14.0 Å². The van der Waals surface area contributed by atoms with E-state index >= 15 is 0 Å². The van der Waals surface area contributed by atoms with Gasteiger partial charge in [-0.1, -0.05) is 5.16 Å². The highest BCUT2D eigenvalue weighted by molar-refractivity contribution is 5.97. The molecule has 0 radical (unpaired) electrons. The molecule has 0 unspecified atom stereocenters. The van der Waals surface area contributed by atoms with Gasteiger partial charge in [0.25, 0.3) is 5.91 Å². The van der Waals surface area contributed by atoms with Gasteiger partial charge in [-0.3, -0.25) is 4.79 Å². The van der Waals surface area contributed by atoms with Gasteiger partial charge < -0.3 is 19.3 Å². The van der Waals surface area contributed by atoms with Crippen LogP contribution in [0.2, 0.25) is 0 Å². The molecule has 0 saturated heterocycles. The molecule has 0 saturated carbocycles. The van der Waals surface area contributed by atoms with Crippen LogP contribution in [0.3, 0.4) is 0 Å². The fourth-order valence-electron chi connectivity index (χ4n) is 1.75. The molecule has 0 bridgehead atoms. The molecule has 0 aliphatic carbocycles. The van der Waals surface area contributed by atoms with E-state index in [1.807, 2.05) is 0 Å². The molecule has 0 atom stereocenters. The summed E-state index contributed by atoms with van der Waals surface area (Å²) < 4.78 is 15.2. The molecule has 0 spiro atoms. The molecule has 2 aromatic rings. The van der Waals surface area contributed by atoms with Gasteiger partial charge in [-0.25, -0.2) is 0 Å². The summed E-state index contributed by atoms with van der Waals surface area (Å²) >= 11 is 0. The molecule has 20 heavy (non-hydrogen) atoms. The van der Waals surface area contributed by atoms with Crippen molar-refractivity contribution < 1.29 is 18.8 Å². The van der Waals surface area contributed by atoms with Crippen LogP contribution < -0.4 is 14.8 Å². The summed E-state index contributed by atoms with van der Waals surface area (Å²) in [6.07, 6.45) is 0. The second-order valence-electron chi connectivity index (χ2n) is 4.18. The maximum atomic E-state index is 12.1. The topological polar surface area (TPSA) is 73.6 Å². The number of hydrogen-bond acceptors (Lipinski definition) is 5. The Balaban J connectivity index is 2.08. The van der Waals surface area contributed by atoms with Crippen molar-refractivity contribution in [2.75, 3.05) is 14.2 Å². The monoisotopic (exact) mass is 276 g/mol. The quantitative estimate of drug-likeness (QED) is 0.903. The lowest BCUT2D eigenvalue weighted by Gasteiger charge is -2.10. The summed E-state index contributed by atoms with van der Waals surface area (Å²) in [4.78, 5) is 12.1. The Hall–Kier alpha value is -2.50. The number of carbonyl (C=O) groups is 1. The van der Waals surface area contributed by atoms with E-state index in [1.54, 1.807) is 38.3 Å². The van der Waals surface area contributed by atoms with Crippen LogP contribution in [0.4, 0.5) is 0 Å². The van der Waals surface area contributed by atoms with Crippen LogP contribution in [0.1, 0.15) is 21.8 Å². The lowest BCUT2D eigenvalue weighted by atomic mass is 10.1. The van der Waals surface area contributed by atoms with Gasteiger partial charge in [0.2, 0.25) is 0 Å². The highest BCUT2D eigenvalue weighted by atomic mass is 16.5. The number of benzene rings is 1. The predicted octanol–water partition coefficient (Wildman–Crippen LogP) is 1.93. The molecule has 106 valence electrons. The van der Waals surface area contributed by atoms with Crippen LogP contribution in [-0.2, 0) is 6.54 Å². The summed E-state index contributed by atoms with van der Waals surface area (Å²) in [5.74, 6) is 1.55. The molecular weight excluding hydrogens is 260 g/mol. The number of nitrogens with zero attached hydrogens (tertiary/aromatic N) is 1. The largest absolute Gasteiger partial charge is 0.497 e. The minimum atomic E-state index is -0.245. The molecule has 0 fully saturated rings. The maximum Gasteiger partial charge on any atom is 0.255 e. The number of amides is 1. The van der Waals surface area contributed by atoms with Crippen molar-refractivity contribution in [2.24, 2.45) is 0 Å². The zero-order valence-electron chi connectivity index (χ0n) is 11.6. The SMILES string of the molecule is COc1ccc(C(=O)NCc2cc(C)on2)c(OC)c1. The Kier molecular flexibility index (Phi) is 4.24. The number of aryl methyl sites for hydroxylation is 1. The number of carbonyl (C=O) groups excluding carboxylic acids is 1. The van der Waals surface area contributed by atoms with Crippen LogP contribution in [0.15, 0.2) is 28.8 Å². The predicted molar refractivity (Wildman–Crippen MR) is 72.0 cm³/mol. The summed E-state index contributed by atoms with van der Waals surface area (Å²) in [6, 6.07) is 6.79. The van der Waals surface area contributed by atoms with E-state index in [1.165, 1.54) is 7.11 Å². The van der Waals surface area contributed by atoms with Crippen LogP contribution in [0.25, 0.3) is 0 Å². The second kappa shape index (κ2) is 6.10. The molecule has 1 aromatic carbocycles. The Morgan fingerprint density at radius 1 is 1.30 bits per heavy atom. The van der Waals surface area contributed by atoms with Crippen molar-refractivity contribution in [1.29, 1.82) is 0 Å². The number of methoxy groups -OCH3 is 2. The summed E-state index contributed by atoms with van der Waals surface area (Å²) in [5, 5.41) is 6.57. The summed E-state index contributed by atoms with van der Waals surface area (Å²) in [6.45, 7) is 2.09. The van der Waals surface area contributed by atoms with E-state index in [2.05, 4.69) is 10.5 Å². The average molecular weight is 276 g/mol. The Labute approximate surface area is 116 Å². The standard InChI is InChI=1S/C14H16N2O4/c1-9-6-10(16-20-9)8-15-14(17)12-5-4-11(18-2)7-13(12)19-3/h4-7H,8H2,1-3H3,(H,15,17). The minimum Gasteiger partial charge on any atom is -0.497 e. The van der Waals surface area contributed by atoms with Crippen molar-refractivity contribution in [2.45, 2.75) is 13.5 Å². The lowest BCUT2D eigenvalue weighted by Crippen LogP contribution is -2.23. The number of nitrogens with one attached hydrogen (secondary N) is 1. The van der Waals surface area contributed by atoms with Crippen molar-refractivity contribution in [3.05, 3.63) is 41.3 Å². The molecule has 1 heterocycles. The minimum absolute atomic E-state index is 0.245. The number of aromatic nitrogens is 1. The zero-order chi connectivity index (χ0) is 14.5. The van der Waals surface area contributed by atoms with Crippen LogP contribution >= 0.6 is 0 Å². The molecule has 6 heteroatoms. The average Bonchev–Trinajstić information content (AvgIpc) is 2.89. The van der Waals surface area contributed by atoms with Gasteiger partial charge in [0.05, 0.1) is 26.3 Å². The van der Waals surface area contributed by atoms with Gasteiger partial charge >= 0.3 is 0 Å². The van der Waals surface area contributed by atoms with Crippen molar-refractivity contribution in [3.63, 3.8) is 0 Å². The van der Waals surface area contributed by atoms with Crippen molar-refractivity contribution >= 4 is 5.91 Å². The normalized spacial score (nSPS) is 10.2. The first-order chi connectivity index (χ1) is 9.63. The number of ether oxygens (including phenoxy) is 2. The number of hydrogen-bond donors (Lipinski definition) is 1. The number of rotatable bonds is 5. The van der Waals surface area contributed by atoms with Gasteiger partial charge in [-0.2, -0.15) is 0 Å².